The second-order valence-corrected chi connectivity index (χ2v) is 5.04. The first-order valence-corrected chi connectivity index (χ1v) is 6.62. The molecule has 2 rings (SSSR count). The molecule has 22 heavy (non-hydrogen) atoms. The van der Waals surface area contributed by atoms with Crippen LogP contribution < -0.4 is 0 Å². The number of carboxylic acids is 1. The molecule has 0 saturated carbocycles. The minimum absolute atomic E-state index is 0.0545. The fraction of sp³-hybridized carbons (Fsp3) is 0.188. The Hall–Kier alpha value is -2.63. The van der Waals surface area contributed by atoms with Crippen LogP contribution in [0.5, 0.6) is 0 Å². The molecule has 0 bridgehead atoms. The van der Waals surface area contributed by atoms with Crippen LogP contribution in [0.15, 0.2) is 46.6 Å². The van der Waals surface area contributed by atoms with Gasteiger partial charge in [0.15, 0.2) is 5.82 Å². The summed E-state index contributed by atoms with van der Waals surface area (Å²) in [6.45, 7) is 3.57. The molecule has 1 N–H and O–H groups in total. The van der Waals surface area contributed by atoms with Gasteiger partial charge in [-0.15, -0.1) is 5.11 Å². The van der Waals surface area contributed by atoms with E-state index in [0.717, 1.165) is 6.07 Å². The van der Waals surface area contributed by atoms with Crippen molar-refractivity contribution in [2.45, 2.75) is 19.8 Å². The third-order valence-corrected chi connectivity index (χ3v) is 3.05. The van der Waals surface area contributed by atoms with Gasteiger partial charge in [0.2, 0.25) is 0 Å². The van der Waals surface area contributed by atoms with Crippen molar-refractivity contribution in [1.82, 2.24) is 0 Å². The van der Waals surface area contributed by atoms with Crippen molar-refractivity contribution in [3.63, 3.8) is 0 Å². The lowest BCUT2D eigenvalue weighted by Gasteiger charge is -2.08. The summed E-state index contributed by atoms with van der Waals surface area (Å²) in [6, 6.07) is 7.86. The summed E-state index contributed by atoms with van der Waals surface area (Å²) in [5, 5.41) is 16.5. The molecule has 114 valence electrons. The summed E-state index contributed by atoms with van der Waals surface area (Å²) >= 11 is 0. The van der Waals surface area contributed by atoms with Crippen molar-refractivity contribution in [2.24, 2.45) is 10.2 Å². The molecule has 0 unspecified atom stereocenters. The van der Waals surface area contributed by atoms with Crippen LogP contribution in [0.2, 0.25) is 0 Å². The maximum atomic E-state index is 13.7. The lowest BCUT2D eigenvalue weighted by atomic mass is 10.0. The predicted octanol–water partition coefficient (Wildman–Crippen LogP) is 5.20. The van der Waals surface area contributed by atoms with E-state index in [4.69, 9.17) is 5.11 Å². The highest BCUT2D eigenvalue weighted by Crippen LogP contribution is 2.28. The fourth-order valence-electron chi connectivity index (χ4n) is 1.89. The Kier molecular flexibility index (Phi) is 4.60. The first-order valence-electron chi connectivity index (χ1n) is 6.62. The molecule has 6 heteroatoms. The van der Waals surface area contributed by atoms with Crippen molar-refractivity contribution in [3.8, 4) is 0 Å². The Morgan fingerprint density at radius 2 is 1.82 bits per heavy atom. The Morgan fingerprint density at radius 3 is 2.45 bits per heavy atom. The number of carbonyl (C=O) groups is 1. The van der Waals surface area contributed by atoms with E-state index in [1.165, 1.54) is 24.3 Å². The second kappa shape index (κ2) is 6.43. The van der Waals surface area contributed by atoms with Gasteiger partial charge in [0, 0.05) is 6.07 Å². The largest absolute Gasteiger partial charge is 0.478 e. The first kappa shape index (κ1) is 15.8. The summed E-state index contributed by atoms with van der Waals surface area (Å²) in [4.78, 5) is 10.9. The lowest BCUT2D eigenvalue weighted by Crippen LogP contribution is -1.94. The topological polar surface area (TPSA) is 62.0 Å². The summed E-state index contributed by atoms with van der Waals surface area (Å²) < 4.78 is 27.3. The highest BCUT2D eigenvalue weighted by molar-refractivity contribution is 5.88. The van der Waals surface area contributed by atoms with Crippen molar-refractivity contribution < 1.29 is 18.7 Å². The highest BCUT2D eigenvalue weighted by atomic mass is 19.1. The van der Waals surface area contributed by atoms with E-state index in [0.29, 0.717) is 5.56 Å². The normalized spacial score (nSPS) is 11.3. The molecule has 0 aliphatic rings. The minimum atomic E-state index is -1.09. The number of halogens is 2. The third kappa shape index (κ3) is 3.52. The van der Waals surface area contributed by atoms with Crippen LogP contribution in [0, 0.1) is 11.6 Å². The van der Waals surface area contributed by atoms with Gasteiger partial charge in [-0.05, 0) is 35.7 Å². The van der Waals surface area contributed by atoms with E-state index in [9.17, 15) is 13.6 Å². The molecule has 0 heterocycles. The highest BCUT2D eigenvalue weighted by Gasteiger charge is 2.12. The number of hydrogen-bond acceptors (Lipinski definition) is 3. The minimum Gasteiger partial charge on any atom is -0.478 e. The zero-order valence-corrected chi connectivity index (χ0v) is 12.0. The summed E-state index contributed by atoms with van der Waals surface area (Å²) in [6.07, 6.45) is 0. The summed E-state index contributed by atoms with van der Waals surface area (Å²) in [5.74, 6) is -2.66. The van der Waals surface area contributed by atoms with Crippen LogP contribution in [0.25, 0.3) is 0 Å². The van der Waals surface area contributed by atoms with E-state index in [-0.39, 0.29) is 22.9 Å². The van der Waals surface area contributed by atoms with Gasteiger partial charge in [0.05, 0.1) is 11.3 Å². The average molecular weight is 304 g/mol. The standard InChI is InChI=1S/C16H14F2N2O2/c1-9(2)12-7-15(14(18)8-13(12)17)20-19-11-5-3-4-10(6-11)16(21)22/h3-9H,1-2H3,(H,21,22)/b20-19+. The van der Waals surface area contributed by atoms with E-state index in [1.54, 1.807) is 19.9 Å². The molecule has 4 nitrogen and oxygen atoms in total. The monoisotopic (exact) mass is 304 g/mol. The lowest BCUT2D eigenvalue weighted by molar-refractivity contribution is 0.0697. The van der Waals surface area contributed by atoms with Gasteiger partial charge >= 0.3 is 5.97 Å². The zero-order chi connectivity index (χ0) is 16.3. The zero-order valence-electron chi connectivity index (χ0n) is 12.0. The molecule has 2 aromatic rings. The van der Waals surface area contributed by atoms with Gasteiger partial charge in [-0.3, -0.25) is 0 Å². The Bertz CT molecular complexity index is 743. The maximum Gasteiger partial charge on any atom is 0.335 e. The third-order valence-electron chi connectivity index (χ3n) is 3.05. The number of azo groups is 1. The molecule has 0 fully saturated rings. The number of aromatic carboxylic acids is 1. The molecule has 2 aromatic carbocycles. The molecular formula is C16H14F2N2O2. The van der Waals surface area contributed by atoms with Crippen molar-refractivity contribution in [2.75, 3.05) is 0 Å². The number of nitrogens with zero attached hydrogens (tertiary/aromatic N) is 2. The van der Waals surface area contributed by atoms with Gasteiger partial charge in [-0.25, -0.2) is 13.6 Å². The molecule has 0 aromatic heterocycles. The molecular weight excluding hydrogens is 290 g/mol. The van der Waals surface area contributed by atoms with Gasteiger partial charge in [0.1, 0.15) is 11.5 Å². The fourth-order valence-corrected chi connectivity index (χ4v) is 1.89. The maximum absolute atomic E-state index is 13.7. The first-order chi connectivity index (χ1) is 10.4. The molecule has 0 radical (unpaired) electrons. The second-order valence-electron chi connectivity index (χ2n) is 5.04. The van der Waals surface area contributed by atoms with Crippen LogP contribution in [-0.4, -0.2) is 11.1 Å². The van der Waals surface area contributed by atoms with E-state index < -0.39 is 17.6 Å². The number of rotatable bonds is 4. The molecule has 0 atom stereocenters. The average Bonchev–Trinajstić information content (AvgIpc) is 2.46. The van der Waals surface area contributed by atoms with Crippen LogP contribution in [0.3, 0.4) is 0 Å². The number of hydrogen-bond donors (Lipinski definition) is 1. The van der Waals surface area contributed by atoms with Crippen LogP contribution in [-0.2, 0) is 0 Å². The van der Waals surface area contributed by atoms with Crippen LogP contribution in [0.1, 0.15) is 35.7 Å². The molecule has 0 amide bonds. The van der Waals surface area contributed by atoms with Crippen LogP contribution >= 0.6 is 0 Å². The predicted molar refractivity (Wildman–Crippen MR) is 78.0 cm³/mol. The number of carboxylic acid groups (broad SMARTS) is 1. The SMILES string of the molecule is CC(C)c1cc(/N=N/c2cccc(C(=O)O)c2)c(F)cc1F. The quantitative estimate of drug-likeness (QED) is 0.789. The Balaban J connectivity index is 2.36. The smallest absolute Gasteiger partial charge is 0.335 e. The van der Waals surface area contributed by atoms with E-state index in [2.05, 4.69) is 10.2 Å². The van der Waals surface area contributed by atoms with Gasteiger partial charge in [0.25, 0.3) is 0 Å². The van der Waals surface area contributed by atoms with Crippen LogP contribution in [0.4, 0.5) is 20.2 Å². The van der Waals surface area contributed by atoms with Crippen molar-refractivity contribution in [1.29, 1.82) is 0 Å². The summed E-state index contributed by atoms with van der Waals surface area (Å²) in [7, 11) is 0. The molecule has 0 spiro atoms. The van der Waals surface area contributed by atoms with Crippen molar-refractivity contribution in [3.05, 3.63) is 59.2 Å². The Morgan fingerprint density at radius 1 is 1.09 bits per heavy atom. The van der Waals surface area contributed by atoms with Gasteiger partial charge in [-0.1, -0.05) is 19.9 Å². The van der Waals surface area contributed by atoms with E-state index in [1.807, 2.05) is 0 Å². The Labute approximate surface area is 126 Å². The van der Waals surface area contributed by atoms with E-state index >= 15 is 0 Å². The molecule has 0 aliphatic heterocycles. The summed E-state index contributed by atoms with van der Waals surface area (Å²) in [5.41, 5.74) is 0.578. The van der Waals surface area contributed by atoms with Gasteiger partial charge < -0.3 is 5.11 Å². The van der Waals surface area contributed by atoms with Gasteiger partial charge in [-0.2, -0.15) is 5.11 Å². The van der Waals surface area contributed by atoms with Crippen molar-refractivity contribution >= 4 is 17.3 Å². The molecule has 0 saturated heterocycles. The molecule has 0 aliphatic carbocycles. The number of benzene rings is 2.